The number of aromatic amines is 1. The Morgan fingerprint density at radius 1 is 1.07 bits per heavy atom. The van der Waals surface area contributed by atoms with E-state index in [4.69, 9.17) is 0 Å². The van der Waals surface area contributed by atoms with Crippen LogP contribution in [0.1, 0.15) is 5.56 Å². The largest absolute Gasteiger partial charge is 0.337 e. The van der Waals surface area contributed by atoms with Gasteiger partial charge in [-0.3, -0.25) is 9.69 Å². The Morgan fingerprint density at radius 3 is 2.63 bits per heavy atom. The summed E-state index contributed by atoms with van der Waals surface area (Å²) in [5, 5.41) is 8.15. The number of H-pyrrole nitrogens is 1. The summed E-state index contributed by atoms with van der Waals surface area (Å²) in [6, 6.07) is 18.3. The topological polar surface area (TPSA) is 77.5 Å². The molecular formula is C21H18N6OS2. The Morgan fingerprint density at radius 2 is 1.87 bits per heavy atom. The van der Waals surface area contributed by atoms with Gasteiger partial charge in [-0.25, -0.2) is 5.10 Å². The molecule has 1 N–H and O–H groups in total. The summed E-state index contributed by atoms with van der Waals surface area (Å²) < 4.78 is 0. The van der Waals surface area contributed by atoms with Crippen molar-refractivity contribution in [3.8, 4) is 0 Å². The zero-order valence-electron chi connectivity index (χ0n) is 16.1. The number of carbonyl (C=O) groups is 1. The quantitative estimate of drug-likeness (QED) is 0.625. The zero-order valence-corrected chi connectivity index (χ0v) is 17.8. The van der Waals surface area contributed by atoms with Crippen LogP contribution in [0, 0.1) is 0 Å². The molecule has 30 heavy (non-hydrogen) atoms. The van der Waals surface area contributed by atoms with Crippen molar-refractivity contribution in [2.45, 2.75) is 11.3 Å². The first-order valence-corrected chi connectivity index (χ1v) is 11.1. The number of carbonyl (C=O) groups excluding carboxylic acids is 1. The van der Waals surface area contributed by atoms with Crippen LogP contribution in [-0.2, 0) is 11.2 Å². The number of thioether (sulfide) groups is 2. The van der Waals surface area contributed by atoms with Crippen LogP contribution in [0.15, 0.2) is 80.7 Å². The second-order valence-electron chi connectivity index (χ2n) is 6.76. The van der Waals surface area contributed by atoms with Gasteiger partial charge in [0.2, 0.25) is 5.95 Å². The maximum absolute atomic E-state index is 13.4. The molecule has 1 amide bonds. The molecule has 2 aliphatic heterocycles. The first kappa shape index (κ1) is 19.0. The highest BCUT2D eigenvalue weighted by molar-refractivity contribution is 8.19. The van der Waals surface area contributed by atoms with Crippen LogP contribution in [-0.4, -0.2) is 44.7 Å². The highest BCUT2D eigenvalue weighted by Crippen LogP contribution is 2.49. The second-order valence-corrected chi connectivity index (χ2v) is 8.77. The fraction of sp³-hybridized carbons (Fsp3) is 0.143. The van der Waals surface area contributed by atoms with Gasteiger partial charge in [0.1, 0.15) is 11.2 Å². The van der Waals surface area contributed by atoms with Crippen molar-refractivity contribution < 1.29 is 4.79 Å². The van der Waals surface area contributed by atoms with E-state index in [1.807, 2.05) is 37.4 Å². The Bertz CT molecular complexity index is 1140. The van der Waals surface area contributed by atoms with Gasteiger partial charge in [-0.1, -0.05) is 54.2 Å². The lowest BCUT2D eigenvalue weighted by Crippen LogP contribution is -2.31. The third-order valence-corrected chi connectivity index (χ3v) is 7.30. The van der Waals surface area contributed by atoms with Crippen molar-refractivity contribution in [3.63, 3.8) is 0 Å². The van der Waals surface area contributed by atoms with E-state index in [1.54, 1.807) is 16.7 Å². The van der Waals surface area contributed by atoms with E-state index < -0.39 is 0 Å². The second kappa shape index (κ2) is 8.00. The minimum Gasteiger partial charge on any atom is -0.337 e. The number of anilines is 1. The Hall–Kier alpha value is -3.04. The summed E-state index contributed by atoms with van der Waals surface area (Å²) >= 11 is 3.01. The summed E-state index contributed by atoms with van der Waals surface area (Å²) in [5.41, 5.74) is 2.28. The number of hydrogen-bond acceptors (Lipinski definition) is 7. The van der Waals surface area contributed by atoms with Crippen molar-refractivity contribution in [2.24, 2.45) is 4.99 Å². The fourth-order valence-electron chi connectivity index (χ4n) is 3.35. The first-order chi connectivity index (χ1) is 14.7. The molecule has 1 saturated heterocycles. The first-order valence-electron chi connectivity index (χ1n) is 9.43. The smallest absolute Gasteiger partial charge is 0.269 e. The summed E-state index contributed by atoms with van der Waals surface area (Å²) in [6.45, 7) is 0.543. The van der Waals surface area contributed by atoms with Gasteiger partial charge in [0.05, 0.1) is 10.7 Å². The van der Waals surface area contributed by atoms with Crippen LogP contribution in [0.2, 0.25) is 0 Å². The molecule has 7 nitrogen and oxygen atoms in total. The summed E-state index contributed by atoms with van der Waals surface area (Å²) in [4.78, 5) is 27.7. The van der Waals surface area contributed by atoms with Gasteiger partial charge in [-0.15, -0.1) is 0 Å². The number of rotatable bonds is 4. The van der Waals surface area contributed by atoms with Gasteiger partial charge >= 0.3 is 0 Å². The monoisotopic (exact) mass is 434 g/mol. The molecule has 2 aliphatic rings. The summed E-state index contributed by atoms with van der Waals surface area (Å²) in [6.07, 6.45) is 2.15. The number of nitrogens with one attached hydrogen (secondary N) is 1. The maximum atomic E-state index is 13.4. The van der Waals surface area contributed by atoms with Gasteiger partial charge in [-0.2, -0.15) is 15.1 Å². The lowest BCUT2D eigenvalue weighted by atomic mass is 10.1. The molecule has 1 aromatic heterocycles. The number of amides is 1. The van der Waals surface area contributed by atoms with Gasteiger partial charge in [0.15, 0.2) is 5.17 Å². The van der Waals surface area contributed by atoms with Crippen molar-refractivity contribution in [3.05, 3.63) is 76.4 Å². The van der Waals surface area contributed by atoms with Crippen molar-refractivity contribution in [1.29, 1.82) is 0 Å². The number of benzene rings is 2. The number of fused-ring (bicyclic) bond motifs is 1. The predicted octanol–water partition coefficient (Wildman–Crippen LogP) is 4.02. The lowest BCUT2D eigenvalue weighted by molar-refractivity contribution is -0.122. The molecule has 0 unspecified atom stereocenters. The van der Waals surface area contributed by atoms with E-state index >= 15 is 0 Å². The number of aromatic nitrogens is 3. The van der Waals surface area contributed by atoms with Gasteiger partial charge < -0.3 is 4.90 Å². The van der Waals surface area contributed by atoms with Gasteiger partial charge in [0.25, 0.3) is 5.91 Å². The highest BCUT2D eigenvalue weighted by atomic mass is 32.2. The molecule has 0 bridgehead atoms. The normalized spacial score (nSPS) is 19.8. The van der Waals surface area contributed by atoms with Crippen LogP contribution >= 0.6 is 23.5 Å². The van der Waals surface area contributed by atoms with Crippen LogP contribution < -0.4 is 4.90 Å². The maximum Gasteiger partial charge on any atom is 0.269 e. The van der Waals surface area contributed by atoms with E-state index in [2.05, 4.69) is 49.3 Å². The van der Waals surface area contributed by atoms with E-state index in [1.165, 1.54) is 23.7 Å². The van der Waals surface area contributed by atoms with Crippen molar-refractivity contribution in [2.75, 3.05) is 18.5 Å². The molecule has 0 spiro atoms. The third kappa shape index (κ3) is 3.50. The van der Waals surface area contributed by atoms with Crippen LogP contribution in [0.5, 0.6) is 0 Å². The summed E-state index contributed by atoms with van der Waals surface area (Å²) in [7, 11) is 1.99. The zero-order chi connectivity index (χ0) is 20.5. The van der Waals surface area contributed by atoms with E-state index in [9.17, 15) is 4.79 Å². The van der Waals surface area contributed by atoms with Crippen LogP contribution in [0.3, 0.4) is 0 Å². The molecule has 2 aromatic carbocycles. The Kier molecular flexibility index (Phi) is 5.06. The molecule has 3 aromatic rings. The molecule has 5 rings (SSSR count). The average Bonchev–Trinajstić information content (AvgIpc) is 3.47. The van der Waals surface area contributed by atoms with Crippen molar-refractivity contribution in [1.82, 2.24) is 20.1 Å². The highest BCUT2D eigenvalue weighted by Gasteiger charge is 2.39. The van der Waals surface area contributed by atoms with Crippen molar-refractivity contribution >= 4 is 46.2 Å². The van der Waals surface area contributed by atoms with Crippen LogP contribution in [0.25, 0.3) is 0 Å². The van der Waals surface area contributed by atoms with Crippen LogP contribution in [0.4, 0.5) is 11.6 Å². The molecule has 0 saturated carbocycles. The van der Waals surface area contributed by atoms with E-state index in [0.717, 1.165) is 22.0 Å². The minimum absolute atomic E-state index is 0.0312. The minimum atomic E-state index is -0.0312. The summed E-state index contributed by atoms with van der Waals surface area (Å²) in [5.74, 6) is 0.355. The van der Waals surface area contributed by atoms with Gasteiger partial charge in [0, 0.05) is 18.5 Å². The van der Waals surface area contributed by atoms with Gasteiger partial charge in [-0.05, 0) is 35.9 Å². The van der Waals surface area contributed by atoms with E-state index in [-0.39, 0.29) is 5.91 Å². The SMILES string of the molecule is CN1C(=C2SC(=Nc3ncn[nH]3)N(CCc3ccccc3)C2=O)Sc2ccccc21. The molecule has 0 aliphatic carbocycles. The number of aliphatic imine (C=N–C) groups is 1. The Balaban J connectivity index is 1.48. The fourth-order valence-corrected chi connectivity index (χ4v) is 5.70. The molecular weight excluding hydrogens is 416 g/mol. The number of nitrogens with zero attached hydrogens (tertiary/aromatic N) is 5. The number of amidine groups is 1. The predicted molar refractivity (Wildman–Crippen MR) is 121 cm³/mol. The lowest BCUT2D eigenvalue weighted by Gasteiger charge is -2.16. The number of para-hydroxylation sites is 1. The standard InChI is InChI=1S/C21H18N6OS2/c1-26-15-9-5-6-10-16(15)29-19(26)17-18(28)27(12-11-14-7-3-2-4-8-14)21(30-17)24-20-22-13-23-25-20/h2-10,13H,11-12H2,1H3,(H,22,23,25). The molecule has 0 radical (unpaired) electrons. The number of hydrogen-bond donors (Lipinski definition) is 1. The van der Waals surface area contributed by atoms with E-state index in [0.29, 0.717) is 22.6 Å². The Labute approximate surface area is 182 Å². The molecule has 1 fully saturated rings. The average molecular weight is 435 g/mol. The molecule has 3 heterocycles. The third-order valence-electron chi connectivity index (χ3n) is 4.87. The molecule has 0 atom stereocenters. The molecule has 150 valence electrons. The molecule has 9 heteroatoms.